The largest absolute Gasteiger partial charge is 0.476 e. The van der Waals surface area contributed by atoms with Gasteiger partial charge in [0.15, 0.2) is 29.1 Å². The van der Waals surface area contributed by atoms with Crippen LogP contribution in [0.25, 0.3) is 0 Å². The molecule has 7 rings (SSSR count). The number of nitrogens with two attached hydrogens (primary N) is 1. The molecular formula is C52H71FN3O13PS. The Morgan fingerprint density at radius 2 is 1.69 bits per heavy atom. The summed E-state index contributed by atoms with van der Waals surface area (Å²) in [7, 11) is -4.40. The molecule has 0 radical (unpaired) electrons. The summed E-state index contributed by atoms with van der Waals surface area (Å²) in [5.74, 6) is -3.72. The predicted molar refractivity (Wildman–Crippen MR) is 264 cm³/mol. The molecule has 1 aromatic heterocycles. The molecule has 2 amide bonds. The van der Waals surface area contributed by atoms with Gasteiger partial charge in [-0.3, -0.25) is 37.5 Å². The van der Waals surface area contributed by atoms with E-state index in [1.54, 1.807) is 93.5 Å². The number of ketones is 2. The second kappa shape index (κ2) is 19.7. The minimum absolute atomic E-state index is 0.00942. The number of carbonyl (C=O) groups is 5. The first-order valence-corrected chi connectivity index (χ1v) is 26.6. The highest BCUT2D eigenvalue weighted by molar-refractivity contribution is 7.48. The van der Waals surface area contributed by atoms with Crippen LogP contribution in [-0.4, -0.2) is 93.9 Å². The molecule has 1 aliphatic heterocycles. The fourth-order valence-electron chi connectivity index (χ4n) is 11.6. The van der Waals surface area contributed by atoms with E-state index in [4.69, 9.17) is 33.5 Å². The van der Waals surface area contributed by atoms with Crippen LogP contribution < -0.4 is 16.4 Å². The van der Waals surface area contributed by atoms with Crippen LogP contribution in [0.2, 0.25) is 0 Å². The Morgan fingerprint density at radius 1 is 1.00 bits per heavy atom. The van der Waals surface area contributed by atoms with E-state index in [1.165, 1.54) is 23.5 Å². The third-order valence-electron chi connectivity index (χ3n) is 14.3. The molecule has 390 valence electrons. The fourth-order valence-corrected chi connectivity index (χ4v) is 14.3. The summed E-state index contributed by atoms with van der Waals surface area (Å²) in [6, 6.07) is 9.87. The number of carbonyl (C=O) groups excluding carboxylic acids is 5. The molecule has 71 heavy (non-hydrogen) atoms. The first-order valence-electron chi connectivity index (χ1n) is 24.4. The summed E-state index contributed by atoms with van der Waals surface area (Å²) in [6.45, 7) is 17.8. The van der Waals surface area contributed by atoms with Gasteiger partial charge >= 0.3 is 13.8 Å². The van der Waals surface area contributed by atoms with Gasteiger partial charge in [-0.2, -0.15) is 0 Å². The molecule has 16 nitrogen and oxygen atoms in total. The smallest absolute Gasteiger partial charge is 0.460 e. The van der Waals surface area contributed by atoms with Gasteiger partial charge in [0.05, 0.1) is 34.8 Å². The van der Waals surface area contributed by atoms with Crippen LogP contribution in [0.1, 0.15) is 136 Å². The fraction of sp³-hybridized carbons (Fsp3) is 0.635. The van der Waals surface area contributed by atoms with Gasteiger partial charge in [-0.25, -0.2) is 8.96 Å². The molecule has 1 saturated heterocycles. The number of benzene rings is 1. The van der Waals surface area contributed by atoms with Crippen LogP contribution in [0.15, 0.2) is 60.2 Å². The number of fused-ring (bicyclic) bond motifs is 7. The third-order valence-corrected chi connectivity index (χ3v) is 17.4. The zero-order chi connectivity index (χ0) is 52.3. The third kappa shape index (κ3) is 11.1. The highest BCUT2D eigenvalue weighted by Gasteiger charge is 2.79. The Balaban J connectivity index is 1.14. The van der Waals surface area contributed by atoms with Gasteiger partial charge in [-0.15, -0.1) is 11.3 Å². The summed E-state index contributed by atoms with van der Waals surface area (Å²) in [5.41, 5.74) is -1.73. The van der Waals surface area contributed by atoms with E-state index in [1.807, 2.05) is 25.1 Å². The SMILES string of the molecule is CC(C)(C)OC(=O)CC[C@H](NC(=O)CN)C(=O)Nc1cccc(Cc2ccc([C@@H]3O[C@@H]4C[C@H]5[C@@H]6CCC7=CC(=O)C=C[C@]7(C)[C@@]6(F)[C@@H](O)C[C@]5(C)[C@]4(C(=O)COP(=O)(OC(C)(C)C)OC(C)(C)C)O3)s2)c1. The number of esters is 1. The van der Waals surface area contributed by atoms with Gasteiger partial charge in [0.1, 0.15) is 18.2 Å². The number of halogens is 1. The lowest BCUT2D eigenvalue weighted by Gasteiger charge is -2.62. The van der Waals surface area contributed by atoms with Gasteiger partial charge < -0.3 is 35.7 Å². The van der Waals surface area contributed by atoms with E-state index in [2.05, 4.69) is 10.6 Å². The van der Waals surface area contributed by atoms with Crippen molar-refractivity contribution in [3.63, 3.8) is 0 Å². The maximum absolute atomic E-state index is 18.2. The molecule has 4 aliphatic carbocycles. The lowest BCUT2D eigenvalue weighted by molar-refractivity contribution is -0.231. The van der Waals surface area contributed by atoms with Gasteiger partial charge in [0.2, 0.25) is 11.8 Å². The Hall–Kier alpha value is -3.97. The maximum Gasteiger partial charge on any atom is 0.476 e. The summed E-state index contributed by atoms with van der Waals surface area (Å²) < 4.78 is 69.3. The minimum atomic E-state index is -4.40. The Morgan fingerprint density at radius 3 is 2.34 bits per heavy atom. The number of rotatable bonds is 16. The zero-order valence-electron chi connectivity index (χ0n) is 42.7. The molecule has 3 saturated carbocycles. The van der Waals surface area contributed by atoms with Crippen molar-refractivity contribution in [1.29, 1.82) is 0 Å². The number of aliphatic hydroxyl groups is 1. The molecule has 2 aromatic rings. The van der Waals surface area contributed by atoms with Gasteiger partial charge in [-0.1, -0.05) is 30.7 Å². The molecule has 2 heterocycles. The van der Waals surface area contributed by atoms with Crippen molar-refractivity contribution in [3.8, 4) is 0 Å². The maximum atomic E-state index is 18.2. The van der Waals surface area contributed by atoms with Crippen molar-refractivity contribution in [2.45, 2.75) is 174 Å². The average Bonchev–Trinajstić information content (AvgIpc) is 3.93. The predicted octanol–water partition coefficient (Wildman–Crippen LogP) is 8.30. The van der Waals surface area contributed by atoms with Crippen LogP contribution in [0.4, 0.5) is 10.1 Å². The summed E-state index contributed by atoms with van der Waals surface area (Å²) in [5, 5.41) is 17.6. The number of amides is 2. The van der Waals surface area contributed by atoms with Crippen molar-refractivity contribution in [1.82, 2.24) is 5.32 Å². The molecule has 19 heteroatoms. The minimum Gasteiger partial charge on any atom is -0.460 e. The highest BCUT2D eigenvalue weighted by Crippen LogP contribution is 2.73. The number of anilines is 1. The number of Topliss-reactive ketones (excluding diaryl/α,β-unsaturated/α-hetero) is 1. The van der Waals surface area contributed by atoms with Crippen molar-refractivity contribution in [2.75, 3.05) is 18.5 Å². The van der Waals surface area contributed by atoms with Crippen LogP contribution >= 0.6 is 19.2 Å². The zero-order valence-corrected chi connectivity index (χ0v) is 44.4. The van der Waals surface area contributed by atoms with Gasteiger partial charge in [-0.05, 0) is 149 Å². The van der Waals surface area contributed by atoms with E-state index < -0.39 is 113 Å². The number of phosphoric acid groups is 1. The quantitative estimate of drug-likeness (QED) is 0.0916. The first kappa shape index (κ1) is 54.8. The molecule has 0 unspecified atom stereocenters. The number of alkyl halides is 1. The van der Waals surface area contributed by atoms with E-state index in [-0.39, 0.29) is 38.0 Å². The van der Waals surface area contributed by atoms with Crippen molar-refractivity contribution < 1.29 is 65.8 Å². The highest BCUT2D eigenvalue weighted by atomic mass is 32.1. The first-order chi connectivity index (χ1) is 32.8. The second-order valence-corrected chi connectivity index (χ2v) is 25.7. The Labute approximate surface area is 419 Å². The van der Waals surface area contributed by atoms with E-state index in [0.29, 0.717) is 35.4 Å². The van der Waals surface area contributed by atoms with Gasteiger partial charge in [0, 0.05) is 40.2 Å². The second-order valence-electron chi connectivity index (χ2n) is 23.0. The number of hydrogen-bond donors (Lipinski definition) is 4. The molecule has 0 bridgehead atoms. The van der Waals surface area contributed by atoms with Crippen LogP contribution in [0, 0.1) is 22.7 Å². The number of thiophene rings is 1. The molecule has 5 aliphatic rings. The van der Waals surface area contributed by atoms with Crippen molar-refractivity contribution in [3.05, 3.63) is 75.5 Å². The standard InChI is InChI=1S/C52H71FN3O13PS/c1-46(2,3)66-43(61)20-18-37(56-42(60)28-54)44(62)55-32-14-12-13-30(23-32)24-34-16-19-38(71-34)45-65-41-26-36-35-17-15-31-25-33(57)21-22-49(31,10)51(35,53)39(58)27-50(36,11)52(41,67-45)40(59)29-64-70(63,68-47(4,5)6)69-48(7,8)9/h12-14,16,19,21-23,25,35-37,39,41,45,58H,15,17-18,20,24,26-29,54H2,1-11H3,(H,55,62)(H,56,60)/t35-,36-,37-,39-,41+,45+,49-,50-,51-,52+/m0/s1. The Kier molecular flexibility index (Phi) is 15.2. The lowest BCUT2D eigenvalue weighted by Crippen LogP contribution is -2.69. The van der Waals surface area contributed by atoms with E-state index >= 15 is 9.18 Å². The number of aliphatic hydroxyl groups excluding tert-OH is 1. The van der Waals surface area contributed by atoms with E-state index in [9.17, 15) is 28.8 Å². The normalized spacial score (nSPS) is 30.9. The molecule has 4 fully saturated rings. The molecule has 5 N–H and O–H groups in total. The Bertz CT molecular complexity index is 2510. The number of ether oxygens (including phenoxy) is 3. The lowest BCUT2D eigenvalue weighted by atomic mass is 9.44. The van der Waals surface area contributed by atoms with Crippen LogP contribution in [-0.2, 0) is 62.7 Å². The van der Waals surface area contributed by atoms with Crippen LogP contribution in [0.5, 0.6) is 0 Å². The summed E-state index contributed by atoms with van der Waals surface area (Å²) in [6.07, 6.45) is 1.93. The number of allylic oxidation sites excluding steroid dienone is 4. The van der Waals surface area contributed by atoms with Crippen molar-refractivity contribution in [2.24, 2.45) is 28.4 Å². The topological polar surface area (TPSA) is 228 Å². The summed E-state index contributed by atoms with van der Waals surface area (Å²) >= 11 is 1.39. The van der Waals surface area contributed by atoms with Crippen molar-refractivity contribution >= 4 is 54.2 Å². The monoisotopic (exact) mass is 1030 g/mol. The number of nitrogens with one attached hydrogen (secondary N) is 2. The molecule has 1 aromatic carbocycles. The average molecular weight is 1030 g/mol. The number of hydrogen-bond acceptors (Lipinski definition) is 15. The summed E-state index contributed by atoms with van der Waals surface area (Å²) in [4.78, 5) is 67.4. The number of phosphoric ester groups is 1. The van der Waals surface area contributed by atoms with E-state index in [0.717, 1.165) is 10.4 Å². The van der Waals surface area contributed by atoms with Gasteiger partial charge in [0.25, 0.3) is 0 Å². The molecule has 0 spiro atoms. The van der Waals surface area contributed by atoms with Crippen LogP contribution in [0.3, 0.4) is 0 Å². The molecule has 10 atom stereocenters. The molecular weight excluding hydrogens is 957 g/mol.